The van der Waals surface area contributed by atoms with E-state index in [2.05, 4.69) is 5.32 Å². The predicted molar refractivity (Wildman–Crippen MR) is 83.2 cm³/mol. The maximum Gasteiger partial charge on any atom is 0.272 e. The van der Waals surface area contributed by atoms with Gasteiger partial charge in [0.25, 0.3) is 12.1 Å². The van der Waals surface area contributed by atoms with Gasteiger partial charge >= 0.3 is 0 Å². The molecule has 0 aliphatic heterocycles. The number of non-ortho nitro benzene ring substituents is 1. The average Bonchev–Trinajstić information content (AvgIpc) is 2.52. The number of hydrogen-bond donors (Lipinski definition) is 2. The summed E-state index contributed by atoms with van der Waals surface area (Å²) in [4.78, 5) is 9.74. The summed E-state index contributed by atoms with van der Waals surface area (Å²) in [5, 5.41) is 18.7. The number of nitrogens with two attached hydrogens (primary N) is 1. The average molecular weight is 357 g/mol. The number of anilines is 1. The van der Waals surface area contributed by atoms with Gasteiger partial charge in [-0.3, -0.25) is 10.1 Å². The van der Waals surface area contributed by atoms with Gasteiger partial charge in [0.1, 0.15) is 0 Å². The number of hydrogen-bond acceptors (Lipinski definition) is 5. The highest BCUT2D eigenvalue weighted by atomic mass is 32.2. The lowest BCUT2D eigenvalue weighted by molar-refractivity contribution is -0.385. The second kappa shape index (κ2) is 6.89. The summed E-state index contributed by atoms with van der Waals surface area (Å²) in [6, 6.07) is 8.67. The molecule has 7 nitrogen and oxygen atoms in total. The molecule has 0 aliphatic carbocycles. The van der Waals surface area contributed by atoms with Crippen molar-refractivity contribution in [2.45, 2.75) is 17.9 Å². The van der Waals surface area contributed by atoms with Gasteiger partial charge in [0.15, 0.2) is 0 Å². The van der Waals surface area contributed by atoms with Crippen LogP contribution in [-0.2, 0) is 16.6 Å². The van der Waals surface area contributed by atoms with Crippen molar-refractivity contribution >= 4 is 21.4 Å². The van der Waals surface area contributed by atoms with E-state index in [0.717, 1.165) is 18.2 Å². The fourth-order valence-electron chi connectivity index (χ4n) is 1.94. The fraction of sp³-hybridized carbons (Fsp3) is 0.143. The van der Waals surface area contributed by atoms with E-state index in [0.29, 0.717) is 5.56 Å². The van der Waals surface area contributed by atoms with E-state index in [-0.39, 0.29) is 17.8 Å². The predicted octanol–water partition coefficient (Wildman–Crippen LogP) is 2.79. The van der Waals surface area contributed by atoms with Gasteiger partial charge in [-0.15, -0.1) is 0 Å². The first-order valence-corrected chi connectivity index (χ1v) is 8.14. The van der Waals surface area contributed by atoms with Gasteiger partial charge in [-0.25, -0.2) is 22.3 Å². The summed E-state index contributed by atoms with van der Waals surface area (Å²) in [5.41, 5.74) is 0.261. The second-order valence-corrected chi connectivity index (χ2v) is 6.47. The molecule has 2 rings (SSSR count). The molecule has 0 atom stereocenters. The first-order chi connectivity index (χ1) is 11.2. The minimum Gasteiger partial charge on any atom is -0.381 e. The molecule has 0 spiro atoms. The number of nitro benzene ring substituents is 1. The molecule has 128 valence electrons. The molecule has 0 fully saturated rings. The van der Waals surface area contributed by atoms with Crippen LogP contribution < -0.4 is 10.5 Å². The molecule has 0 heterocycles. The minimum absolute atomic E-state index is 0.120. The van der Waals surface area contributed by atoms with Gasteiger partial charge in [0.05, 0.1) is 9.82 Å². The van der Waals surface area contributed by atoms with E-state index < -0.39 is 32.0 Å². The molecule has 2 aromatic rings. The van der Waals surface area contributed by atoms with Crippen molar-refractivity contribution in [2.75, 3.05) is 5.32 Å². The summed E-state index contributed by atoms with van der Waals surface area (Å²) >= 11 is 0. The van der Waals surface area contributed by atoms with E-state index in [1.807, 2.05) is 0 Å². The Hall–Kier alpha value is -2.59. The van der Waals surface area contributed by atoms with Crippen molar-refractivity contribution in [1.82, 2.24) is 0 Å². The van der Waals surface area contributed by atoms with Crippen LogP contribution in [0.3, 0.4) is 0 Å². The van der Waals surface area contributed by atoms with Crippen LogP contribution in [0.15, 0.2) is 47.4 Å². The molecular formula is C14H13F2N3O4S. The largest absolute Gasteiger partial charge is 0.381 e. The lowest BCUT2D eigenvalue weighted by Crippen LogP contribution is -2.13. The van der Waals surface area contributed by atoms with Gasteiger partial charge < -0.3 is 5.32 Å². The van der Waals surface area contributed by atoms with Crippen molar-refractivity contribution in [1.29, 1.82) is 0 Å². The zero-order valence-corrected chi connectivity index (χ0v) is 13.0. The Bertz CT molecular complexity index is 855. The Morgan fingerprint density at radius 2 is 1.79 bits per heavy atom. The molecule has 0 aliphatic rings. The number of nitrogens with one attached hydrogen (secondary N) is 1. The van der Waals surface area contributed by atoms with Crippen molar-refractivity contribution in [3.05, 3.63) is 63.7 Å². The summed E-state index contributed by atoms with van der Waals surface area (Å²) in [6.07, 6.45) is -2.57. The monoisotopic (exact) mass is 357 g/mol. The van der Waals surface area contributed by atoms with Crippen molar-refractivity contribution in [3.63, 3.8) is 0 Å². The maximum absolute atomic E-state index is 12.5. The fourth-order valence-corrected chi connectivity index (χ4v) is 2.52. The highest BCUT2D eigenvalue weighted by molar-refractivity contribution is 7.89. The van der Waals surface area contributed by atoms with Crippen LogP contribution >= 0.6 is 0 Å². The van der Waals surface area contributed by atoms with Gasteiger partial charge in [-0.05, 0) is 11.6 Å². The lowest BCUT2D eigenvalue weighted by Gasteiger charge is -2.09. The number of sulfonamides is 1. The van der Waals surface area contributed by atoms with Crippen LogP contribution in [-0.4, -0.2) is 13.3 Å². The number of benzene rings is 2. The van der Waals surface area contributed by atoms with Crippen LogP contribution in [0, 0.1) is 10.1 Å². The Kier molecular flexibility index (Phi) is 5.10. The summed E-state index contributed by atoms with van der Waals surface area (Å²) in [7, 11) is -4.11. The van der Waals surface area contributed by atoms with Gasteiger partial charge in [0, 0.05) is 29.9 Å². The topological polar surface area (TPSA) is 115 Å². The Labute approximate surface area is 136 Å². The van der Waals surface area contributed by atoms with Crippen LogP contribution in [0.25, 0.3) is 0 Å². The molecule has 0 aromatic heterocycles. The van der Waals surface area contributed by atoms with Crippen molar-refractivity contribution in [3.8, 4) is 0 Å². The maximum atomic E-state index is 12.5. The summed E-state index contributed by atoms with van der Waals surface area (Å²) in [5.74, 6) is 0. The highest BCUT2D eigenvalue weighted by Crippen LogP contribution is 2.24. The molecule has 10 heteroatoms. The number of halogens is 2. The SMILES string of the molecule is NS(=O)(=O)c1cc(NCc2ccc(C(F)F)cc2)cc([N+](=O)[O-])c1. The van der Waals surface area contributed by atoms with E-state index >= 15 is 0 Å². The highest BCUT2D eigenvalue weighted by Gasteiger charge is 2.16. The first-order valence-electron chi connectivity index (χ1n) is 6.60. The van der Waals surface area contributed by atoms with Crippen LogP contribution in [0.4, 0.5) is 20.2 Å². The van der Waals surface area contributed by atoms with Crippen LogP contribution in [0.1, 0.15) is 17.6 Å². The van der Waals surface area contributed by atoms with Gasteiger partial charge in [0.2, 0.25) is 10.0 Å². The first kappa shape index (κ1) is 17.8. The van der Waals surface area contributed by atoms with E-state index in [1.54, 1.807) is 0 Å². The number of primary sulfonamides is 1. The third-order valence-corrected chi connectivity index (χ3v) is 4.05. The summed E-state index contributed by atoms with van der Waals surface area (Å²) < 4.78 is 47.7. The Balaban J connectivity index is 2.22. The number of rotatable bonds is 6. The summed E-state index contributed by atoms with van der Waals surface area (Å²) in [6.45, 7) is 0.161. The third kappa shape index (κ3) is 4.46. The van der Waals surface area contributed by atoms with Gasteiger partial charge in [-0.1, -0.05) is 24.3 Å². The normalized spacial score (nSPS) is 11.5. The molecule has 0 saturated heterocycles. The van der Waals surface area contributed by atoms with Crippen molar-refractivity contribution in [2.24, 2.45) is 5.14 Å². The van der Waals surface area contributed by atoms with E-state index in [1.165, 1.54) is 24.3 Å². The molecule has 3 N–H and O–H groups in total. The smallest absolute Gasteiger partial charge is 0.272 e. The Morgan fingerprint density at radius 1 is 1.17 bits per heavy atom. The second-order valence-electron chi connectivity index (χ2n) is 4.91. The lowest BCUT2D eigenvalue weighted by atomic mass is 10.1. The number of nitrogens with zero attached hydrogens (tertiary/aromatic N) is 1. The van der Waals surface area contributed by atoms with Crippen LogP contribution in [0.2, 0.25) is 0 Å². The third-order valence-electron chi connectivity index (χ3n) is 3.16. The van der Waals surface area contributed by atoms with Gasteiger partial charge in [-0.2, -0.15) is 0 Å². The number of alkyl halides is 2. The molecule has 0 saturated carbocycles. The molecule has 0 bridgehead atoms. The van der Waals surface area contributed by atoms with E-state index in [9.17, 15) is 27.3 Å². The zero-order valence-electron chi connectivity index (χ0n) is 12.1. The quantitative estimate of drug-likeness (QED) is 0.609. The molecule has 2 aromatic carbocycles. The minimum atomic E-state index is -4.11. The molecule has 0 unspecified atom stereocenters. The Morgan fingerprint density at radius 3 is 2.29 bits per heavy atom. The molecular weight excluding hydrogens is 344 g/mol. The van der Waals surface area contributed by atoms with E-state index in [4.69, 9.17) is 5.14 Å². The van der Waals surface area contributed by atoms with Crippen LogP contribution in [0.5, 0.6) is 0 Å². The molecule has 0 radical (unpaired) electrons. The standard InChI is InChI=1S/C14H13F2N3O4S/c15-14(16)10-3-1-9(2-4-10)8-18-11-5-12(19(20)21)7-13(6-11)24(17,22)23/h1-7,14,18H,8H2,(H2,17,22,23). The molecule has 24 heavy (non-hydrogen) atoms. The zero-order chi connectivity index (χ0) is 17.9. The van der Waals surface area contributed by atoms with Crippen molar-refractivity contribution < 1.29 is 22.1 Å². The molecule has 0 amide bonds. The number of nitro groups is 1.